The third-order valence-electron chi connectivity index (χ3n) is 4.02. The molecule has 0 aromatic carbocycles. The third kappa shape index (κ3) is 4.42. The number of carbonyl (C=O) groups is 1. The number of carbonyl (C=O) groups excluding carboxylic acids is 1. The lowest BCUT2D eigenvalue weighted by Gasteiger charge is -2.23. The molecule has 3 rings (SSSR count). The molecule has 0 aliphatic carbocycles. The highest BCUT2D eigenvalue weighted by Gasteiger charge is 2.32. The van der Waals surface area contributed by atoms with Crippen molar-refractivity contribution in [2.75, 3.05) is 19.8 Å². The zero-order valence-electron chi connectivity index (χ0n) is 13.5. The Hall–Kier alpha value is -1.84. The maximum atomic E-state index is 12.9. The monoisotopic (exact) mass is 384 g/mol. The largest absolute Gasteiger partial charge is 0.468 e. The van der Waals surface area contributed by atoms with E-state index in [2.05, 4.69) is 10.6 Å². The van der Waals surface area contributed by atoms with Crippen molar-refractivity contribution in [2.24, 2.45) is 0 Å². The van der Waals surface area contributed by atoms with Crippen molar-refractivity contribution in [1.82, 2.24) is 10.6 Å². The van der Waals surface area contributed by atoms with Crippen LogP contribution >= 0.6 is 11.3 Å². The van der Waals surface area contributed by atoms with Crippen LogP contribution in [0.25, 0.3) is 0 Å². The lowest BCUT2D eigenvalue weighted by molar-refractivity contribution is 0.0801. The number of hydrogen-bond acceptors (Lipinski definition) is 6. The number of urea groups is 1. The molecule has 2 N–H and O–H groups in total. The Kier molecular flexibility index (Phi) is 5.77. The van der Waals surface area contributed by atoms with Crippen LogP contribution in [-0.2, 0) is 14.6 Å². The normalized spacial score (nSPS) is 17.1. The van der Waals surface area contributed by atoms with E-state index in [4.69, 9.17) is 9.15 Å². The molecule has 2 aromatic rings. The fourth-order valence-electron chi connectivity index (χ4n) is 2.67. The molecule has 136 valence electrons. The first-order valence-electron chi connectivity index (χ1n) is 8.00. The first-order valence-corrected chi connectivity index (χ1v) is 10.4. The molecule has 0 radical (unpaired) electrons. The van der Waals surface area contributed by atoms with Crippen LogP contribution in [0.4, 0.5) is 4.79 Å². The molecule has 1 aliphatic heterocycles. The Labute approximate surface area is 150 Å². The minimum absolute atomic E-state index is 0.0460. The van der Waals surface area contributed by atoms with Crippen LogP contribution in [0.2, 0.25) is 0 Å². The second kappa shape index (κ2) is 8.03. The molecule has 2 amide bonds. The van der Waals surface area contributed by atoms with Crippen LogP contribution < -0.4 is 10.6 Å². The number of rotatable bonds is 6. The molecule has 1 fully saturated rings. The average Bonchev–Trinajstić information content (AvgIpc) is 3.30. The third-order valence-corrected chi connectivity index (χ3v) is 7.51. The highest BCUT2D eigenvalue weighted by atomic mass is 32.2. The van der Waals surface area contributed by atoms with Crippen molar-refractivity contribution in [2.45, 2.75) is 28.3 Å². The van der Waals surface area contributed by atoms with E-state index in [0.29, 0.717) is 19.0 Å². The summed E-state index contributed by atoms with van der Waals surface area (Å²) in [6.45, 7) is 1.17. The van der Waals surface area contributed by atoms with Crippen molar-refractivity contribution in [3.8, 4) is 0 Å². The molecular weight excluding hydrogens is 364 g/mol. The highest BCUT2D eigenvalue weighted by molar-refractivity contribution is 7.93. The summed E-state index contributed by atoms with van der Waals surface area (Å²) < 4.78 is 36.5. The van der Waals surface area contributed by atoms with Crippen molar-refractivity contribution < 1.29 is 22.4 Å². The van der Waals surface area contributed by atoms with Gasteiger partial charge in [-0.05, 0) is 36.4 Å². The molecule has 0 saturated carbocycles. The van der Waals surface area contributed by atoms with Crippen LogP contribution in [-0.4, -0.2) is 40.2 Å². The summed E-state index contributed by atoms with van der Waals surface area (Å²) in [6.07, 6.45) is 2.93. The van der Waals surface area contributed by atoms with E-state index >= 15 is 0 Å². The molecule has 25 heavy (non-hydrogen) atoms. The first kappa shape index (κ1) is 18.0. The topological polar surface area (TPSA) is 97.6 Å². The highest BCUT2D eigenvalue weighted by Crippen LogP contribution is 2.31. The first-order chi connectivity index (χ1) is 12.1. The van der Waals surface area contributed by atoms with Gasteiger partial charge in [-0.25, -0.2) is 13.2 Å². The SMILES string of the molecule is O=C(NCC(c1ccco1)S(=O)(=O)c1cccs1)NC1CCOCC1. The number of ether oxygens (including phenoxy) is 1. The van der Waals surface area contributed by atoms with E-state index in [1.165, 1.54) is 6.26 Å². The molecule has 0 bridgehead atoms. The minimum atomic E-state index is -3.65. The number of nitrogens with one attached hydrogen (secondary N) is 2. The number of hydrogen-bond donors (Lipinski definition) is 2. The van der Waals surface area contributed by atoms with Gasteiger partial charge in [0, 0.05) is 25.8 Å². The van der Waals surface area contributed by atoms with E-state index < -0.39 is 15.1 Å². The van der Waals surface area contributed by atoms with Crippen molar-refractivity contribution in [3.05, 3.63) is 41.7 Å². The van der Waals surface area contributed by atoms with E-state index in [1.807, 2.05) is 0 Å². The van der Waals surface area contributed by atoms with Gasteiger partial charge in [0.25, 0.3) is 0 Å². The van der Waals surface area contributed by atoms with E-state index in [-0.39, 0.29) is 22.8 Å². The van der Waals surface area contributed by atoms with Gasteiger partial charge in [-0.15, -0.1) is 11.3 Å². The number of amides is 2. The Bertz CT molecular complexity index is 766. The molecule has 9 heteroatoms. The molecular formula is C16H20N2O5S2. The van der Waals surface area contributed by atoms with Gasteiger partial charge in [-0.1, -0.05) is 6.07 Å². The lowest BCUT2D eigenvalue weighted by Crippen LogP contribution is -2.45. The summed E-state index contributed by atoms with van der Waals surface area (Å²) in [7, 11) is -3.65. The van der Waals surface area contributed by atoms with E-state index in [0.717, 1.165) is 24.2 Å². The summed E-state index contributed by atoms with van der Waals surface area (Å²) in [5.74, 6) is 0.305. The van der Waals surface area contributed by atoms with Crippen LogP contribution in [0.3, 0.4) is 0 Å². The zero-order valence-corrected chi connectivity index (χ0v) is 15.1. The molecule has 0 spiro atoms. The summed E-state index contributed by atoms with van der Waals surface area (Å²) in [4.78, 5) is 12.1. The predicted molar refractivity (Wildman–Crippen MR) is 93.3 cm³/mol. The van der Waals surface area contributed by atoms with Gasteiger partial charge in [-0.3, -0.25) is 0 Å². The average molecular weight is 384 g/mol. The predicted octanol–water partition coefficient (Wildman–Crippen LogP) is 2.33. The Morgan fingerprint density at radius 1 is 1.28 bits per heavy atom. The van der Waals surface area contributed by atoms with Crippen LogP contribution in [0.5, 0.6) is 0 Å². The van der Waals surface area contributed by atoms with Crippen LogP contribution in [0.15, 0.2) is 44.5 Å². The van der Waals surface area contributed by atoms with Gasteiger partial charge in [0.1, 0.15) is 15.2 Å². The van der Waals surface area contributed by atoms with Gasteiger partial charge in [0.15, 0.2) is 9.84 Å². The molecule has 2 aromatic heterocycles. The summed E-state index contributed by atoms with van der Waals surface area (Å²) in [5.41, 5.74) is 0. The Morgan fingerprint density at radius 3 is 2.72 bits per heavy atom. The second-order valence-corrected chi connectivity index (χ2v) is 9.03. The van der Waals surface area contributed by atoms with E-state index in [9.17, 15) is 13.2 Å². The minimum Gasteiger partial charge on any atom is -0.468 e. The molecule has 1 saturated heterocycles. The van der Waals surface area contributed by atoms with Crippen molar-refractivity contribution in [3.63, 3.8) is 0 Å². The smallest absolute Gasteiger partial charge is 0.315 e. The van der Waals surface area contributed by atoms with Gasteiger partial charge < -0.3 is 19.8 Å². The second-order valence-electron chi connectivity index (χ2n) is 5.72. The van der Waals surface area contributed by atoms with Gasteiger partial charge in [0.05, 0.1) is 6.26 Å². The lowest BCUT2D eigenvalue weighted by atomic mass is 10.1. The van der Waals surface area contributed by atoms with Crippen molar-refractivity contribution in [1.29, 1.82) is 0 Å². The standard InChI is InChI=1S/C16H20N2O5S2/c19-16(18-12-5-8-22-9-6-12)17-11-14(13-3-1-7-23-13)25(20,21)15-4-2-10-24-15/h1-4,7,10,12,14H,5-6,8-9,11H2,(H2,17,18,19). The van der Waals surface area contributed by atoms with Gasteiger partial charge in [-0.2, -0.15) is 0 Å². The van der Waals surface area contributed by atoms with Gasteiger partial charge in [0.2, 0.25) is 0 Å². The van der Waals surface area contributed by atoms with Gasteiger partial charge >= 0.3 is 6.03 Å². The molecule has 1 aliphatic rings. The molecule has 1 atom stereocenters. The van der Waals surface area contributed by atoms with Crippen molar-refractivity contribution >= 4 is 27.2 Å². The summed E-state index contributed by atoms with van der Waals surface area (Å²) >= 11 is 1.15. The number of thiophene rings is 1. The fourth-order valence-corrected chi connectivity index (χ4v) is 5.46. The summed E-state index contributed by atoms with van der Waals surface area (Å²) in [6, 6.07) is 6.14. The maximum absolute atomic E-state index is 12.9. The number of furan rings is 1. The summed E-state index contributed by atoms with van der Waals surface area (Å²) in [5, 5.41) is 6.25. The quantitative estimate of drug-likeness (QED) is 0.797. The molecule has 3 heterocycles. The van der Waals surface area contributed by atoms with E-state index in [1.54, 1.807) is 29.6 Å². The Morgan fingerprint density at radius 2 is 2.08 bits per heavy atom. The van der Waals surface area contributed by atoms with Crippen LogP contribution in [0.1, 0.15) is 23.9 Å². The van der Waals surface area contributed by atoms with Crippen LogP contribution in [0, 0.1) is 0 Å². The Balaban J connectivity index is 1.68. The maximum Gasteiger partial charge on any atom is 0.315 e. The number of sulfone groups is 1. The zero-order chi connectivity index (χ0) is 17.7. The fraction of sp³-hybridized carbons (Fsp3) is 0.438. The molecule has 7 nitrogen and oxygen atoms in total. The molecule has 1 unspecified atom stereocenters.